The molecule has 4 rings (SSSR count). The van der Waals surface area contributed by atoms with E-state index in [2.05, 4.69) is 42.7 Å². The van der Waals surface area contributed by atoms with Gasteiger partial charge in [-0.3, -0.25) is 9.69 Å². The third kappa shape index (κ3) is 6.05. The Balaban J connectivity index is 1.40. The highest BCUT2D eigenvalue weighted by Gasteiger charge is 2.19. The summed E-state index contributed by atoms with van der Waals surface area (Å²) in [7, 11) is 0. The second-order valence-electron chi connectivity index (χ2n) is 8.07. The highest BCUT2D eigenvalue weighted by Crippen LogP contribution is 2.21. The number of hydrazone groups is 1. The first-order chi connectivity index (χ1) is 16.6. The van der Waals surface area contributed by atoms with Crippen LogP contribution in [0.1, 0.15) is 11.1 Å². The number of carbonyl (C=O) groups is 1. The van der Waals surface area contributed by atoms with Gasteiger partial charge in [-0.05, 0) is 42.8 Å². The van der Waals surface area contributed by atoms with E-state index in [9.17, 15) is 9.90 Å². The number of phenols is 1. The Morgan fingerprint density at radius 2 is 1.59 bits per heavy atom. The van der Waals surface area contributed by atoms with E-state index in [1.807, 2.05) is 49.4 Å². The molecule has 1 saturated heterocycles. The van der Waals surface area contributed by atoms with E-state index in [1.165, 1.54) is 5.69 Å². The maximum atomic E-state index is 12.6. The topological polar surface area (TPSA) is 92.9 Å². The second kappa shape index (κ2) is 11.2. The summed E-state index contributed by atoms with van der Waals surface area (Å²) in [4.78, 5) is 17.0. The molecule has 1 aliphatic rings. The second-order valence-corrected chi connectivity index (χ2v) is 8.07. The monoisotopic (exact) mass is 456 g/mol. The predicted octanol–water partition coefficient (Wildman–Crippen LogP) is 4.08. The first-order valence-electron chi connectivity index (χ1n) is 11.2. The molecule has 34 heavy (non-hydrogen) atoms. The summed E-state index contributed by atoms with van der Waals surface area (Å²) >= 11 is 0. The number of para-hydroxylation sites is 2. The van der Waals surface area contributed by atoms with Gasteiger partial charge in [0.05, 0.1) is 17.8 Å². The normalized spacial score (nSPS) is 15.0. The van der Waals surface area contributed by atoms with Gasteiger partial charge < -0.3 is 10.0 Å². The minimum atomic E-state index is -0.243. The van der Waals surface area contributed by atoms with Crippen LogP contribution in [-0.4, -0.2) is 54.5 Å². The lowest BCUT2D eigenvalue weighted by Gasteiger charge is -2.35. The van der Waals surface area contributed by atoms with Gasteiger partial charge in [0.2, 0.25) is 5.84 Å². The minimum absolute atomic E-state index is 0.0104. The van der Waals surface area contributed by atoms with Gasteiger partial charge in [0, 0.05) is 31.9 Å². The molecule has 0 unspecified atom stereocenters. The fourth-order valence-electron chi connectivity index (χ4n) is 3.73. The maximum Gasteiger partial charge on any atom is 0.254 e. The van der Waals surface area contributed by atoms with Crippen LogP contribution < -0.4 is 10.3 Å². The van der Waals surface area contributed by atoms with E-state index in [-0.39, 0.29) is 24.0 Å². The van der Waals surface area contributed by atoms with Gasteiger partial charge >= 0.3 is 0 Å². The Hall–Kier alpha value is -4.04. The number of carbonyl (C=O) groups excluding carboxylic acids is 1. The van der Waals surface area contributed by atoms with Crippen LogP contribution in [0.5, 0.6) is 5.75 Å². The lowest BCUT2D eigenvalue weighted by atomic mass is 10.2. The number of phenolic OH excluding ortho intramolecular Hbond substituents is 1. The molecule has 8 nitrogen and oxygen atoms in total. The molecular weight excluding hydrogens is 428 g/mol. The van der Waals surface area contributed by atoms with Crippen molar-refractivity contribution in [2.75, 3.05) is 37.6 Å². The third-order valence-corrected chi connectivity index (χ3v) is 5.66. The number of amides is 1. The number of hydrogen-bond acceptors (Lipinski definition) is 6. The number of benzene rings is 3. The number of azo groups is 1. The summed E-state index contributed by atoms with van der Waals surface area (Å²) in [6.07, 6.45) is 0. The van der Waals surface area contributed by atoms with Crippen molar-refractivity contribution in [3.63, 3.8) is 0 Å². The molecule has 174 valence electrons. The molecule has 0 atom stereocenters. The van der Waals surface area contributed by atoms with Gasteiger partial charge in [0.15, 0.2) is 0 Å². The Morgan fingerprint density at radius 1 is 0.912 bits per heavy atom. The van der Waals surface area contributed by atoms with Gasteiger partial charge in [-0.1, -0.05) is 48.5 Å². The largest absolute Gasteiger partial charge is 0.507 e. The van der Waals surface area contributed by atoms with Crippen LogP contribution >= 0.6 is 0 Å². The average molecular weight is 457 g/mol. The fourth-order valence-corrected chi connectivity index (χ4v) is 3.73. The molecule has 1 heterocycles. The van der Waals surface area contributed by atoms with Crippen LogP contribution in [0.15, 0.2) is 94.2 Å². The van der Waals surface area contributed by atoms with E-state index < -0.39 is 0 Å². The van der Waals surface area contributed by atoms with Crippen molar-refractivity contribution in [3.05, 3.63) is 90.0 Å². The minimum Gasteiger partial charge on any atom is -0.507 e. The Bertz CT molecular complexity index is 1170. The van der Waals surface area contributed by atoms with E-state index in [4.69, 9.17) is 0 Å². The molecule has 1 fully saturated rings. The average Bonchev–Trinajstić information content (AvgIpc) is 2.87. The van der Waals surface area contributed by atoms with Crippen LogP contribution in [0.3, 0.4) is 0 Å². The van der Waals surface area contributed by atoms with Gasteiger partial charge in [0.1, 0.15) is 5.75 Å². The number of aryl methyl sites for hydroxylation is 1. The summed E-state index contributed by atoms with van der Waals surface area (Å²) in [6.45, 7) is 5.44. The Morgan fingerprint density at radius 3 is 2.32 bits per heavy atom. The molecular formula is C26H28N6O2. The number of piperazine rings is 1. The SMILES string of the molecule is Cc1ccccc1N=N/C(=N/NC(=O)CN1CCN(c2ccccc2)CC1)c1ccccc1O. The van der Waals surface area contributed by atoms with Crippen LogP contribution in [0.2, 0.25) is 0 Å². The van der Waals surface area contributed by atoms with Gasteiger partial charge in [-0.25, -0.2) is 5.43 Å². The summed E-state index contributed by atoms with van der Waals surface area (Å²) in [6, 6.07) is 24.5. The van der Waals surface area contributed by atoms with Crippen LogP contribution in [0.4, 0.5) is 11.4 Å². The van der Waals surface area contributed by atoms with Crippen LogP contribution in [0, 0.1) is 6.92 Å². The quantitative estimate of drug-likeness (QED) is 0.253. The van der Waals surface area contributed by atoms with E-state index in [0.717, 1.165) is 31.7 Å². The summed E-state index contributed by atoms with van der Waals surface area (Å²) < 4.78 is 0. The van der Waals surface area contributed by atoms with Crippen molar-refractivity contribution in [2.24, 2.45) is 15.3 Å². The molecule has 1 aliphatic heterocycles. The van der Waals surface area contributed by atoms with Crippen molar-refractivity contribution in [3.8, 4) is 5.75 Å². The summed E-state index contributed by atoms with van der Waals surface area (Å²) in [5.41, 5.74) is 5.81. The molecule has 0 spiro atoms. The lowest BCUT2D eigenvalue weighted by Crippen LogP contribution is -2.49. The number of nitrogens with one attached hydrogen (secondary N) is 1. The smallest absolute Gasteiger partial charge is 0.254 e. The van der Waals surface area contributed by atoms with Crippen LogP contribution in [-0.2, 0) is 4.79 Å². The number of hydrogen-bond donors (Lipinski definition) is 2. The Labute approximate surface area is 199 Å². The molecule has 0 aromatic heterocycles. The van der Waals surface area contributed by atoms with E-state index >= 15 is 0 Å². The first kappa shape index (κ1) is 23.1. The van der Waals surface area contributed by atoms with Gasteiger partial charge in [-0.15, -0.1) is 10.2 Å². The summed E-state index contributed by atoms with van der Waals surface area (Å²) in [5.74, 6) is -0.105. The Kier molecular flexibility index (Phi) is 7.62. The standard InChI is InChI=1S/C26H28N6O2/c1-20-9-5-7-13-23(20)27-29-26(22-12-6-8-14-24(22)33)30-28-25(34)19-31-15-17-32(18-16-31)21-10-3-2-4-11-21/h2-14,33H,15-19H2,1H3,(H,28,34)/b29-27?,30-26+. The zero-order valence-electron chi connectivity index (χ0n) is 19.1. The number of rotatable bonds is 6. The number of nitrogens with zero attached hydrogens (tertiary/aromatic N) is 5. The molecule has 3 aromatic rings. The number of amidine groups is 1. The van der Waals surface area contributed by atoms with Crippen molar-refractivity contribution >= 4 is 23.1 Å². The zero-order valence-corrected chi connectivity index (χ0v) is 19.1. The molecule has 0 radical (unpaired) electrons. The van der Waals surface area contributed by atoms with E-state index in [0.29, 0.717) is 11.3 Å². The fraction of sp³-hybridized carbons (Fsp3) is 0.231. The molecule has 2 N–H and O–H groups in total. The van der Waals surface area contributed by atoms with Gasteiger partial charge in [-0.2, -0.15) is 5.10 Å². The lowest BCUT2D eigenvalue weighted by molar-refractivity contribution is -0.122. The third-order valence-electron chi connectivity index (χ3n) is 5.66. The van der Waals surface area contributed by atoms with Crippen molar-refractivity contribution in [1.82, 2.24) is 10.3 Å². The zero-order chi connectivity index (χ0) is 23.8. The summed E-state index contributed by atoms with van der Waals surface area (Å²) in [5, 5.41) is 23.0. The molecule has 3 aromatic carbocycles. The van der Waals surface area contributed by atoms with Gasteiger partial charge in [0.25, 0.3) is 5.91 Å². The molecule has 0 aliphatic carbocycles. The van der Waals surface area contributed by atoms with Crippen molar-refractivity contribution in [1.29, 1.82) is 0 Å². The number of aromatic hydroxyl groups is 1. The molecule has 8 heteroatoms. The van der Waals surface area contributed by atoms with Crippen LogP contribution in [0.25, 0.3) is 0 Å². The number of anilines is 1. The molecule has 0 bridgehead atoms. The maximum absolute atomic E-state index is 12.6. The predicted molar refractivity (Wildman–Crippen MR) is 134 cm³/mol. The highest BCUT2D eigenvalue weighted by molar-refractivity contribution is 6.02. The molecule has 0 saturated carbocycles. The first-order valence-corrected chi connectivity index (χ1v) is 11.2. The van der Waals surface area contributed by atoms with Crippen molar-refractivity contribution < 1.29 is 9.90 Å². The highest BCUT2D eigenvalue weighted by atomic mass is 16.3. The molecule has 1 amide bonds. The van der Waals surface area contributed by atoms with Crippen molar-refractivity contribution in [2.45, 2.75) is 6.92 Å². The van der Waals surface area contributed by atoms with E-state index in [1.54, 1.807) is 24.3 Å².